The molecule has 0 N–H and O–H groups in total. The van der Waals surface area contributed by atoms with Crippen LogP contribution in [0.1, 0.15) is 30.9 Å². The zero-order valence-corrected chi connectivity index (χ0v) is 20.2. The number of rotatable bonds is 5. The molecule has 0 bridgehead atoms. The molecule has 0 radical (unpaired) electrons. The van der Waals surface area contributed by atoms with Gasteiger partial charge in [-0.3, -0.25) is 0 Å². The van der Waals surface area contributed by atoms with Crippen molar-refractivity contribution < 1.29 is 4.39 Å². The molecule has 5 heterocycles. The Hall–Kier alpha value is -3.52. The second kappa shape index (κ2) is 8.92. The van der Waals surface area contributed by atoms with Crippen molar-refractivity contribution in [3.63, 3.8) is 0 Å². The van der Waals surface area contributed by atoms with Crippen LogP contribution in [-0.2, 0) is 0 Å². The zero-order chi connectivity index (χ0) is 23.9. The lowest BCUT2D eigenvalue weighted by Gasteiger charge is -2.26. The van der Waals surface area contributed by atoms with Gasteiger partial charge in [-0.15, -0.1) is 5.10 Å². The summed E-state index contributed by atoms with van der Waals surface area (Å²) in [5, 5.41) is 4.98. The van der Waals surface area contributed by atoms with Crippen molar-refractivity contribution >= 4 is 17.3 Å². The van der Waals surface area contributed by atoms with Crippen LogP contribution in [0.15, 0.2) is 60.8 Å². The van der Waals surface area contributed by atoms with E-state index in [0.717, 1.165) is 73.1 Å². The maximum Gasteiger partial charge on any atom is 0.154 e. The van der Waals surface area contributed by atoms with Crippen LogP contribution in [-0.4, -0.2) is 64.3 Å². The number of nitrogens with zero attached hydrogens (tertiary/aromatic N) is 7. The van der Waals surface area contributed by atoms with Gasteiger partial charge in [0.05, 0.1) is 17.9 Å². The summed E-state index contributed by atoms with van der Waals surface area (Å²) in [5.74, 6) is 1.66. The first-order valence-electron chi connectivity index (χ1n) is 12.3. The second-order valence-corrected chi connectivity index (χ2v) is 9.74. The van der Waals surface area contributed by atoms with E-state index in [9.17, 15) is 4.39 Å². The summed E-state index contributed by atoms with van der Waals surface area (Å²) >= 11 is 0. The van der Waals surface area contributed by atoms with E-state index in [1.54, 1.807) is 12.1 Å². The lowest BCUT2D eigenvalue weighted by molar-refractivity contribution is 0.315. The number of aromatic nitrogens is 4. The van der Waals surface area contributed by atoms with Gasteiger partial charge in [-0.1, -0.05) is 18.2 Å². The van der Waals surface area contributed by atoms with E-state index in [1.807, 2.05) is 35.0 Å². The average Bonchev–Trinajstić information content (AvgIpc) is 3.63. The molecule has 2 atom stereocenters. The molecule has 2 aliphatic heterocycles. The number of hydrogen-bond donors (Lipinski definition) is 0. The van der Waals surface area contributed by atoms with Gasteiger partial charge in [0.25, 0.3) is 0 Å². The highest BCUT2D eigenvalue weighted by Gasteiger charge is 2.28. The van der Waals surface area contributed by atoms with Crippen LogP contribution in [0.5, 0.6) is 0 Å². The molecule has 7 nitrogen and oxygen atoms in total. The van der Waals surface area contributed by atoms with Crippen molar-refractivity contribution in [1.82, 2.24) is 24.5 Å². The summed E-state index contributed by atoms with van der Waals surface area (Å²) in [6, 6.07) is 17.8. The van der Waals surface area contributed by atoms with Gasteiger partial charge in [-0.05, 0) is 75.3 Å². The molecule has 0 spiro atoms. The fourth-order valence-electron chi connectivity index (χ4n) is 5.41. The van der Waals surface area contributed by atoms with Gasteiger partial charge in [0, 0.05) is 25.7 Å². The minimum absolute atomic E-state index is 0.115. The highest BCUT2D eigenvalue weighted by Crippen LogP contribution is 2.36. The van der Waals surface area contributed by atoms with Crippen molar-refractivity contribution in [2.75, 3.05) is 43.5 Å². The molecule has 6 rings (SSSR count). The van der Waals surface area contributed by atoms with Crippen LogP contribution in [0.25, 0.3) is 17.0 Å². The third kappa shape index (κ3) is 4.12. The predicted molar refractivity (Wildman–Crippen MR) is 136 cm³/mol. The van der Waals surface area contributed by atoms with Crippen molar-refractivity contribution in [3.05, 3.63) is 72.2 Å². The van der Waals surface area contributed by atoms with Crippen molar-refractivity contribution in [2.24, 2.45) is 0 Å². The number of hydrogen-bond acceptors (Lipinski definition) is 6. The van der Waals surface area contributed by atoms with E-state index in [0.29, 0.717) is 6.04 Å². The third-order valence-corrected chi connectivity index (χ3v) is 7.34. The highest BCUT2D eigenvalue weighted by atomic mass is 19.1. The molecule has 0 amide bonds. The SMILES string of the molecule is CN(C)[C@@H]1CCN(c2cccc(-c3cnc4ccc(N5CCCC5c5cccc(F)c5)nn34)n2)C1. The van der Waals surface area contributed by atoms with E-state index in [2.05, 4.69) is 45.9 Å². The number of pyridine rings is 1. The highest BCUT2D eigenvalue weighted by molar-refractivity contribution is 5.63. The van der Waals surface area contributed by atoms with Crippen molar-refractivity contribution in [1.29, 1.82) is 0 Å². The van der Waals surface area contributed by atoms with Crippen molar-refractivity contribution in [3.8, 4) is 11.4 Å². The molecule has 3 aromatic heterocycles. The molecule has 0 aliphatic carbocycles. The lowest BCUT2D eigenvalue weighted by Crippen LogP contribution is -2.31. The molecule has 2 fully saturated rings. The first kappa shape index (κ1) is 22.0. The Bertz CT molecular complexity index is 1350. The lowest BCUT2D eigenvalue weighted by atomic mass is 10.0. The standard InChI is InChI=1S/C27H30FN7/c1-32(2)21-13-15-33(18-21)26-10-4-8-22(30-26)24-17-29-25-11-12-27(31-35(24)25)34-14-5-9-23(34)19-6-3-7-20(28)16-19/h3-4,6-8,10-12,16-17,21,23H,5,9,13-15,18H2,1-2H3/t21-,23?/m1/s1. The first-order valence-corrected chi connectivity index (χ1v) is 12.3. The molecule has 2 saturated heterocycles. The number of anilines is 2. The Labute approximate surface area is 204 Å². The maximum absolute atomic E-state index is 13.9. The van der Waals surface area contributed by atoms with Gasteiger partial charge in [-0.25, -0.2) is 18.9 Å². The molecular weight excluding hydrogens is 441 g/mol. The third-order valence-electron chi connectivity index (χ3n) is 7.34. The van der Waals surface area contributed by atoms with Gasteiger partial charge in [0.2, 0.25) is 0 Å². The average molecular weight is 472 g/mol. The Morgan fingerprint density at radius 2 is 1.86 bits per heavy atom. The molecule has 4 aromatic rings. The van der Waals surface area contributed by atoms with Gasteiger partial charge in [0.15, 0.2) is 5.65 Å². The van der Waals surface area contributed by atoms with Crippen LogP contribution in [0.3, 0.4) is 0 Å². The Kier molecular flexibility index (Phi) is 5.60. The normalized spacial score (nSPS) is 20.5. The smallest absolute Gasteiger partial charge is 0.154 e. The largest absolute Gasteiger partial charge is 0.355 e. The minimum Gasteiger partial charge on any atom is -0.355 e. The molecule has 180 valence electrons. The predicted octanol–water partition coefficient (Wildman–Crippen LogP) is 4.41. The Morgan fingerprint density at radius 1 is 0.971 bits per heavy atom. The van der Waals surface area contributed by atoms with Gasteiger partial charge < -0.3 is 14.7 Å². The van der Waals surface area contributed by atoms with Gasteiger partial charge in [-0.2, -0.15) is 0 Å². The molecule has 1 aromatic carbocycles. The zero-order valence-electron chi connectivity index (χ0n) is 20.2. The number of benzene rings is 1. The quantitative estimate of drug-likeness (QED) is 0.430. The summed E-state index contributed by atoms with van der Waals surface area (Å²) < 4.78 is 15.8. The molecule has 8 heteroatoms. The summed E-state index contributed by atoms with van der Waals surface area (Å²) in [6.07, 6.45) is 5.01. The topological polar surface area (TPSA) is 52.8 Å². The Morgan fingerprint density at radius 3 is 2.69 bits per heavy atom. The first-order chi connectivity index (χ1) is 17.1. The van der Waals surface area contributed by atoms with Crippen LogP contribution in [0.2, 0.25) is 0 Å². The fraction of sp³-hybridized carbons (Fsp3) is 0.370. The number of halogens is 1. The Balaban J connectivity index is 1.32. The molecule has 2 aliphatic rings. The van der Waals surface area contributed by atoms with E-state index in [4.69, 9.17) is 10.1 Å². The second-order valence-electron chi connectivity index (χ2n) is 9.74. The van der Waals surface area contributed by atoms with E-state index in [-0.39, 0.29) is 11.9 Å². The number of imidazole rings is 1. The summed E-state index contributed by atoms with van der Waals surface area (Å²) in [7, 11) is 4.28. The van der Waals surface area contributed by atoms with E-state index >= 15 is 0 Å². The molecule has 0 saturated carbocycles. The molecule has 35 heavy (non-hydrogen) atoms. The number of likely N-dealkylation sites (N-methyl/N-ethyl adjacent to an activating group) is 1. The van der Waals surface area contributed by atoms with E-state index < -0.39 is 0 Å². The van der Waals surface area contributed by atoms with Gasteiger partial charge >= 0.3 is 0 Å². The van der Waals surface area contributed by atoms with Crippen LogP contribution in [0, 0.1) is 5.82 Å². The number of fused-ring (bicyclic) bond motifs is 1. The summed E-state index contributed by atoms with van der Waals surface area (Å²) in [4.78, 5) is 16.5. The molecule has 1 unspecified atom stereocenters. The van der Waals surface area contributed by atoms with Crippen LogP contribution in [0.4, 0.5) is 16.0 Å². The van der Waals surface area contributed by atoms with Gasteiger partial charge in [0.1, 0.15) is 23.1 Å². The minimum atomic E-state index is -0.199. The van der Waals surface area contributed by atoms with Crippen LogP contribution >= 0.6 is 0 Å². The monoisotopic (exact) mass is 471 g/mol. The fourth-order valence-corrected chi connectivity index (χ4v) is 5.41. The van der Waals surface area contributed by atoms with Crippen molar-refractivity contribution in [2.45, 2.75) is 31.3 Å². The maximum atomic E-state index is 13.9. The molecular formula is C27H30FN7. The summed E-state index contributed by atoms with van der Waals surface area (Å²) in [5.41, 5.74) is 3.50. The van der Waals surface area contributed by atoms with E-state index in [1.165, 1.54) is 6.07 Å². The summed E-state index contributed by atoms with van der Waals surface area (Å²) in [6.45, 7) is 2.88. The van der Waals surface area contributed by atoms with Crippen LogP contribution < -0.4 is 9.80 Å².